The lowest BCUT2D eigenvalue weighted by atomic mass is 10.0. The first-order valence-corrected chi connectivity index (χ1v) is 6.08. The third kappa shape index (κ3) is 6.03. The summed E-state index contributed by atoms with van der Waals surface area (Å²) in [7, 11) is 0. The van der Waals surface area contributed by atoms with Crippen molar-refractivity contribution >= 4 is 18.3 Å². The molecular formula is C14H23ClN2O. The van der Waals surface area contributed by atoms with Crippen molar-refractivity contribution < 1.29 is 4.79 Å². The zero-order chi connectivity index (χ0) is 12.8. The quantitative estimate of drug-likeness (QED) is 0.862. The zero-order valence-corrected chi connectivity index (χ0v) is 12.1. The highest BCUT2D eigenvalue weighted by Gasteiger charge is 2.10. The minimum absolute atomic E-state index is 0. The molecule has 18 heavy (non-hydrogen) atoms. The molecule has 4 heteroatoms. The Hall–Kier alpha value is -1.06. The molecule has 1 rings (SSSR count). The Balaban J connectivity index is 0.00000289. The van der Waals surface area contributed by atoms with E-state index in [0.29, 0.717) is 6.42 Å². The SMILES string of the molecule is Cc1ccccc1CC(C)NC(=O)CC(C)N.Cl. The monoisotopic (exact) mass is 270 g/mol. The number of halogens is 1. The van der Waals surface area contributed by atoms with Gasteiger partial charge in [0.2, 0.25) is 5.91 Å². The van der Waals surface area contributed by atoms with Crippen molar-refractivity contribution in [2.75, 3.05) is 0 Å². The summed E-state index contributed by atoms with van der Waals surface area (Å²) in [6.07, 6.45) is 1.25. The van der Waals surface area contributed by atoms with Crippen molar-refractivity contribution in [1.29, 1.82) is 0 Å². The minimum atomic E-state index is -0.0827. The van der Waals surface area contributed by atoms with E-state index >= 15 is 0 Å². The van der Waals surface area contributed by atoms with Crippen molar-refractivity contribution in [1.82, 2.24) is 5.32 Å². The highest BCUT2D eigenvalue weighted by molar-refractivity contribution is 5.85. The average molecular weight is 271 g/mol. The van der Waals surface area contributed by atoms with Gasteiger partial charge in [-0.05, 0) is 38.3 Å². The summed E-state index contributed by atoms with van der Waals surface area (Å²) in [4.78, 5) is 11.5. The number of amides is 1. The second-order valence-corrected chi connectivity index (χ2v) is 4.78. The number of hydrogen-bond donors (Lipinski definition) is 2. The lowest BCUT2D eigenvalue weighted by molar-refractivity contribution is -0.121. The number of carbonyl (C=O) groups is 1. The number of rotatable bonds is 5. The molecule has 3 nitrogen and oxygen atoms in total. The van der Waals surface area contributed by atoms with Crippen molar-refractivity contribution in [3.63, 3.8) is 0 Å². The van der Waals surface area contributed by atoms with Gasteiger partial charge in [-0.1, -0.05) is 24.3 Å². The molecule has 0 fully saturated rings. The van der Waals surface area contributed by atoms with Crippen LogP contribution in [0.2, 0.25) is 0 Å². The van der Waals surface area contributed by atoms with E-state index in [9.17, 15) is 4.79 Å². The highest BCUT2D eigenvalue weighted by Crippen LogP contribution is 2.09. The summed E-state index contributed by atoms with van der Waals surface area (Å²) >= 11 is 0. The fourth-order valence-corrected chi connectivity index (χ4v) is 1.85. The molecule has 0 aromatic heterocycles. The Bertz CT molecular complexity index is 380. The minimum Gasteiger partial charge on any atom is -0.353 e. The Kier molecular flexibility index (Phi) is 7.64. The van der Waals surface area contributed by atoms with Gasteiger partial charge in [-0.2, -0.15) is 0 Å². The summed E-state index contributed by atoms with van der Waals surface area (Å²) in [6, 6.07) is 8.30. The number of hydrogen-bond acceptors (Lipinski definition) is 2. The van der Waals surface area contributed by atoms with Crippen molar-refractivity contribution in [3.8, 4) is 0 Å². The fraction of sp³-hybridized carbons (Fsp3) is 0.500. The summed E-state index contributed by atoms with van der Waals surface area (Å²) < 4.78 is 0. The Labute approximate surface area is 116 Å². The summed E-state index contributed by atoms with van der Waals surface area (Å²) in [5.41, 5.74) is 8.13. The fourth-order valence-electron chi connectivity index (χ4n) is 1.85. The van der Waals surface area contributed by atoms with Crippen LogP contribution in [0.1, 0.15) is 31.4 Å². The van der Waals surface area contributed by atoms with E-state index in [1.165, 1.54) is 11.1 Å². The second kappa shape index (κ2) is 8.11. The van der Waals surface area contributed by atoms with Crippen LogP contribution in [0, 0.1) is 6.92 Å². The molecule has 0 heterocycles. The molecule has 0 radical (unpaired) electrons. The molecule has 0 aliphatic heterocycles. The molecule has 1 amide bonds. The van der Waals surface area contributed by atoms with Gasteiger partial charge in [0.05, 0.1) is 0 Å². The van der Waals surface area contributed by atoms with Gasteiger partial charge in [0.25, 0.3) is 0 Å². The maximum atomic E-state index is 11.5. The number of nitrogens with two attached hydrogens (primary N) is 1. The Morgan fingerprint density at radius 3 is 2.50 bits per heavy atom. The molecule has 2 unspecified atom stereocenters. The van der Waals surface area contributed by atoms with Gasteiger partial charge in [-0.15, -0.1) is 12.4 Å². The first kappa shape index (κ1) is 16.9. The van der Waals surface area contributed by atoms with Crippen molar-refractivity contribution in [2.24, 2.45) is 5.73 Å². The van der Waals surface area contributed by atoms with Crippen LogP contribution in [-0.4, -0.2) is 18.0 Å². The molecule has 102 valence electrons. The maximum Gasteiger partial charge on any atom is 0.221 e. The van der Waals surface area contributed by atoms with Crippen LogP contribution in [-0.2, 0) is 11.2 Å². The van der Waals surface area contributed by atoms with Crippen LogP contribution in [0.5, 0.6) is 0 Å². The molecule has 1 aromatic carbocycles. The van der Waals surface area contributed by atoms with E-state index in [1.807, 2.05) is 26.0 Å². The van der Waals surface area contributed by atoms with E-state index in [1.54, 1.807) is 0 Å². The van der Waals surface area contributed by atoms with Crippen LogP contribution >= 0.6 is 12.4 Å². The van der Waals surface area contributed by atoms with E-state index in [2.05, 4.69) is 24.4 Å². The molecule has 0 spiro atoms. The molecule has 0 aliphatic rings. The summed E-state index contributed by atoms with van der Waals surface area (Å²) in [6.45, 7) is 5.95. The Morgan fingerprint density at radius 1 is 1.33 bits per heavy atom. The van der Waals surface area contributed by atoms with Gasteiger partial charge in [-0.3, -0.25) is 4.79 Å². The molecule has 3 N–H and O–H groups in total. The number of benzene rings is 1. The summed E-state index contributed by atoms with van der Waals surface area (Å²) in [5, 5.41) is 2.97. The van der Waals surface area contributed by atoms with Gasteiger partial charge in [-0.25, -0.2) is 0 Å². The van der Waals surface area contributed by atoms with Crippen LogP contribution in [0.4, 0.5) is 0 Å². The van der Waals surface area contributed by atoms with Crippen LogP contribution in [0.25, 0.3) is 0 Å². The van der Waals surface area contributed by atoms with Gasteiger partial charge in [0.1, 0.15) is 0 Å². The average Bonchev–Trinajstić information content (AvgIpc) is 2.19. The van der Waals surface area contributed by atoms with Gasteiger partial charge in [0, 0.05) is 18.5 Å². The number of nitrogens with one attached hydrogen (secondary N) is 1. The van der Waals surface area contributed by atoms with E-state index in [4.69, 9.17) is 5.73 Å². The van der Waals surface area contributed by atoms with E-state index in [-0.39, 0.29) is 30.4 Å². The zero-order valence-electron chi connectivity index (χ0n) is 11.3. The van der Waals surface area contributed by atoms with Gasteiger partial charge < -0.3 is 11.1 Å². The highest BCUT2D eigenvalue weighted by atomic mass is 35.5. The first-order chi connectivity index (χ1) is 7.99. The van der Waals surface area contributed by atoms with Gasteiger partial charge in [0.15, 0.2) is 0 Å². The predicted octanol–water partition coefficient (Wildman–Crippen LogP) is 2.20. The van der Waals surface area contributed by atoms with Crippen molar-refractivity contribution in [3.05, 3.63) is 35.4 Å². The van der Waals surface area contributed by atoms with Gasteiger partial charge >= 0.3 is 0 Å². The topological polar surface area (TPSA) is 55.1 Å². The third-order valence-electron chi connectivity index (χ3n) is 2.70. The lowest BCUT2D eigenvalue weighted by Gasteiger charge is -2.16. The Morgan fingerprint density at radius 2 is 1.94 bits per heavy atom. The molecule has 2 atom stereocenters. The molecular weight excluding hydrogens is 248 g/mol. The molecule has 0 aliphatic carbocycles. The van der Waals surface area contributed by atoms with E-state index < -0.39 is 0 Å². The maximum absolute atomic E-state index is 11.5. The molecule has 0 saturated carbocycles. The molecule has 1 aromatic rings. The first-order valence-electron chi connectivity index (χ1n) is 6.08. The smallest absolute Gasteiger partial charge is 0.221 e. The van der Waals surface area contributed by atoms with Crippen LogP contribution < -0.4 is 11.1 Å². The van der Waals surface area contributed by atoms with Crippen molar-refractivity contribution in [2.45, 2.75) is 45.7 Å². The largest absolute Gasteiger partial charge is 0.353 e. The molecule has 0 bridgehead atoms. The second-order valence-electron chi connectivity index (χ2n) is 4.78. The lowest BCUT2D eigenvalue weighted by Crippen LogP contribution is -2.37. The normalized spacial score (nSPS) is 13.3. The third-order valence-corrected chi connectivity index (χ3v) is 2.70. The predicted molar refractivity (Wildman–Crippen MR) is 78.0 cm³/mol. The number of carbonyl (C=O) groups excluding carboxylic acids is 1. The standard InChI is InChI=1S/C14H22N2O.ClH/c1-10-6-4-5-7-13(10)9-12(3)16-14(17)8-11(2)15;/h4-7,11-12H,8-9,15H2,1-3H3,(H,16,17);1H. The van der Waals surface area contributed by atoms with Crippen LogP contribution in [0.15, 0.2) is 24.3 Å². The van der Waals surface area contributed by atoms with E-state index in [0.717, 1.165) is 6.42 Å². The summed E-state index contributed by atoms with van der Waals surface area (Å²) in [5.74, 6) is 0.0288. The van der Waals surface area contributed by atoms with Crippen LogP contribution in [0.3, 0.4) is 0 Å². The molecule has 0 saturated heterocycles. The number of aryl methyl sites for hydroxylation is 1.